The zero-order chi connectivity index (χ0) is 20.8. The molecule has 0 saturated carbocycles. The minimum Gasteiger partial charge on any atom is -0.468 e. The third-order valence-corrected chi connectivity index (χ3v) is 4.75. The van der Waals surface area contributed by atoms with Crippen molar-refractivity contribution in [2.24, 2.45) is 0 Å². The van der Waals surface area contributed by atoms with E-state index in [4.69, 9.17) is 4.74 Å². The summed E-state index contributed by atoms with van der Waals surface area (Å²) in [6.45, 7) is 0.540. The van der Waals surface area contributed by atoms with Crippen LogP contribution in [0.5, 0.6) is 5.88 Å². The molecule has 1 aromatic heterocycles. The van der Waals surface area contributed by atoms with Gasteiger partial charge in [-0.2, -0.15) is 0 Å². The average Bonchev–Trinajstić information content (AvgIpc) is 2.79. The molecule has 6 nitrogen and oxygen atoms in total. The summed E-state index contributed by atoms with van der Waals surface area (Å²) in [4.78, 5) is 26.4. The van der Waals surface area contributed by atoms with Gasteiger partial charge in [-0.15, -0.1) is 5.10 Å². The first kappa shape index (κ1) is 19.4. The van der Waals surface area contributed by atoms with Gasteiger partial charge in [-0.05, 0) is 28.7 Å². The molecular weight excluding hydrogens is 378 g/mol. The van der Waals surface area contributed by atoms with Gasteiger partial charge in [0.15, 0.2) is 0 Å². The van der Waals surface area contributed by atoms with Crippen molar-refractivity contribution >= 4 is 0 Å². The van der Waals surface area contributed by atoms with E-state index in [0.29, 0.717) is 13.0 Å². The van der Waals surface area contributed by atoms with Crippen LogP contribution in [0, 0.1) is 0 Å². The fourth-order valence-corrected chi connectivity index (χ4v) is 3.12. The van der Waals surface area contributed by atoms with E-state index in [-0.39, 0.29) is 12.5 Å². The molecule has 3 aromatic carbocycles. The highest BCUT2D eigenvalue weighted by Gasteiger charge is 2.09. The van der Waals surface area contributed by atoms with Gasteiger partial charge in [-0.25, -0.2) is 9.48 Å². The van der Waals surface area contributed by atoms with Crippen molar-refractivity contribution < 1.29 is 4.74 Å². The van der Waals surface area contributed by atoms with Crippen LogP contribution >= 0.6 is 0 Å². The van der Waals surface area contributed by atoms with Gasteiger partial charge >= 0.3 is 11.2 Å². The highest BCUT2D eigenvalue weighted by Crippen LogP contribution is 2.19. The summed E-state index contributed by atoms with van der Waals surface area (Å²) in [5, 5.41) is 4.11. The number of benzene rings is 3. The standard InChI is InChI=1S/C24H21N3O3/c28-22-23(30-17-19-7-3-1-4-8-19)26-27(24(29)25-22)16-15-18-11-13-21(14-12-18)20-9-5-2-6-10-20/h1-14H,15-17H2,(H,25,28,29). The van der Waals surface area contributed by atoms with E-state index in [1.54, 1.807) is 0 Å². The van der Waals surface area contributed by atoms with Crippen LogP contribution in [0.1, 0.15) is 11.1 Å². The average molecular weight is 399 g/mol. The normalized spacial score (nSPS) is 10.7. The second kappa shape index (κ2) is 9.05. The van der Waals surface area contributed by atoms with Gasteiger partial charge in [-0.3, -0.25) is 9.78 Å². The van der Waals surface area contributed by atoms with E-state index in [0.717, 1.165) is 22.3 Å². The molecule has 0 radical (unpaired) electrons. The largest absolute Gasteiger partial charge is 0.468 e. The molecule has 0 aliphatic carbocycles. The van der Waals surface area contributed by atoms with Gasteiger partial charge in [0.05, 0.1) is 6.54 Å². The molecule has 0 spiro atoms. The third kappa shape index (κ3) is 4.72. The third-order valence-electron chi connectivity index (χ3n) is 4.75. The van der Waals surface area contributed by atoms with E-state index >= 15 is 0 Å². The summed E-state index contributed by atoms with van der Waals surface area (Å²) in [6, 6.07) is 27.8. The minimum absolute atomic E-state index is 0.113. The summed E-state index contributed by atoms with van der Waals surface area (Å²) in [7, 11) is 0. The molecule has 6 heteroatoms. The van der Waals surface area contributed by atoms with Crippen LogP contribution < -0.4 is 16.0 Å². The Bertz CT molecular complexity index is 1210. The number of aromatic amines is 1. The number of H-pyrrole nitrogens is 1. The summed E-state index contributed by atoms with van der Waals surface area (Å²) in [5.41, 5.74) is 3.10. The minimum atomic E-state index is -0.626. The van der Waals surface area contributed by atoms with Gasteiger partial charge < -0.3 is 4.74 Å². The maximum absolute atomic E-state index is 12.1. The molecule has 0 atom stereocenters. The molecule has 150 valence electrons. The Hall–Kier alpha value is -3.93. The van der Waals surface area contributed by atoms with Crippen LogP contribution in [-0.4, -0.2) is 14.8 Å². The Morgan fingerprint density at radius 3 is 2.10 bits per heavy atom. The molecule has 0 aliphatic rings. The molecule has 0 bridgehead atoms. The van der Waals surface area contributed by atoms with Crippen molar-refractivity contribution in [1.29, 1.82) is 0 Å². The first-order chi connectivity index (χ1) is 14.7. The van der Waals surface area contributed by atoms with Gasteiger partial charge in [0.25, 0.3) is 5.88 Å². The van der Waals surface area contributed by atoms with Gasteiger partial charge in [0.2, 0.25) is 0 Å². The number of nitrogens with zero attached hydrogens (tertiary/aromatic N) is 2. The Kier molecular flexibility index (Phi) is 5.85. The van der Waals surface area contributed by atoms with Crippen molar-refractivity contribution in [2.45, 2.75) is 19.6 Å². The predicted octanol–water partition coefficient (Wildman–Crippen LogP) is 3.42. The number of ether oxygens (including phenoxy) is 1. The molecule has 0 fully saturated rings. The Balaban J connectivity index is 1.44. The van der Waals surface area contributed by atoms with Crippen LogP contribution in [0.4, 0.5) is 0 Å². The smallest absolute Gasteiger partial charge is 0.344 e. The second-order valence-electron chi connectivity index (χ2n) is 6.87. The second-order valence-corrected chi connectivity index (χ2v) is 6.87. The Morgan fingerprint density at radius 1 is 0.767 bits per heavy atom. The van der Waals surface area contributed by atoms with E-state index in [9.17, 15) is 9.59 Å². The fourth-order valence-electron chi connectivity index (χ4n) is 3.12. The Morgan fingerprint density at radius 2 is 1.40 bits per heavy atom. The molecule has 1 heterocycles. The van der Waals surface area contributed by atoms with E-state index in [1.165, 1.54) is 4.68 Å². The molecule has 0 saturated heterocycles. The maximum Gasteiger partial charge on any atom is 0.344 e. The first-order valence-corrected chi connectivity index (χ1v) is 9.71. The lowest BCUT2D eigenvalue weighted by molar-refractivity contribution is 0.275. The van der Waals surface area contributed by atoms with Gasteiger partial charge in [0.1, 0.15) is 6.61 Å². The molecule has 0 aliphatic heterocycles. The van der Waals surface area contributed by atoms with Crippen LogP contribution in [0.2, 0.25) is 0 Å². The highest BCUT2D eigenvalue weighted by molar-refractivity contribution is 5.63. The lowest BCUT2D eigenvalue weighted by Gasteiger charge is -2.08. The lowest BCUT2D eigenvalue weighted by atomic mass is 10.0. The monoisotopic (exact) mass is 399 g/mol. The van der Waals surface area contributed by atoms with E-state index in [1.807, 2.05) is 60.7 Å². The van der Waals surface area contributed by atoms with Crippen LogP contribution in [0.25, 0.3) is 11.1 Å². The lowest BCUT2D eigenvalue weighted by Crippen LogP contribution is -2.33. The molecule has 0 amide bonds. The van der Waals surface area contributed by atoms with Crippen molar-refractivity contribution in [3.05, 3.63) is 117 Å². The number of aryl methyl sites for hydroxylation is 2. The molecule has 0 unspecified atom stereocenters. The van der Waals surface area contributed by atoms with Crippen LogP contribution in [0.3, 0.4) is 0 Å². The molecule has 1 N–H and O–H groups in total. The quantitative estimate of drug-likeness (QED) is 0.517. The number of nitrogens with one attached hydrogen (secondary N) is 1. The van der Waals surface area contributed by atoms with Crippen LogP contribution in [-0.2, 0) is 19.6 Å². The SMILES string of the molecule is O=c1[nH]c(=O)n(CCc2ccc(-c3ccccc3)cc2)nc1OCc1ccccc1. The van der Waals surface area contributed by atoms with Crippen molar-refractivity contribution in [3.8, 4) is 17.0 Å². The molecule has 4 aromatic rings. The predicted molar refractivity (Wildman–Crippen MR) is 115 cm³/mol. The van der Waals surface area contributed by atoms with Gasteiger partial charge in [-0.1, -0.05) is 84.9 Å². The zero-order valence-corrected chi connectivity index (χ0v) is 16.3. The first-order valence-electron chi connectivity index (χ1n) is 9.71. The summed E-state index contributed by atoms with van der Waals surface area (Å²) >= 11 is 0. The number of aromatic nitrogens is 3. The van der Waals surface area contributed by atoms with E-state index < -0.39 is 11.2 Å². The highest BCUT2D eigenvalue weighted by atomic mass is 16.5. The summed E-state index contributed by atoms with van der Waals surface area (Å²) in [6.07, 6.45) is 0.603. The van der Waals surface area contributed by atoms with Crippen molar-refractivity contribution in [1.82, 2.24) is 14.8 Å². The molecule has 4 rings (SSSR count). The van der Waals surface area contributed by atoms with Gasteiger partial charge in [0, 0.05) is 0 Å². The van der Waals surface area contributed by atoms with Crippen LogP contribution in [0.15, 0.2) is 94.5 Å². The van der Waals surface area contributed by atoms with Crippen molar-refractivity contribution in [2.75, 3.05) is 0 Å². The summed E-state index contributed by atoms with van der Waals surface area (Å²) < 4.78 is 6.75. The Labute approximate surface area is 173 Å². The molecule has 30 heavy (non-hydrogen) atoms. The fraction of sp³-hybridized carbons (Fsp3) is 0.125. The van der Waals surface area contributed by atoms with E-state index in [2.05, 4.69) is 34.3 Å². The number of hydrogen-bond acceptors (Lipinski definition) is 4. The zero-order valence-electron chi connectivity index (χ0n) is 16.3. The molecular formula is C24H21N3O3. The van der Waals surface area contributed by atoms with Crippen molar-refractivity contribution in [3.63, 3.8) is 0 Å². The maximum atomic E-state index is 12.1. The summed E-state index contributed by atoms with van der Waals surface area (Å²) in [5.74, 6) is -0.113. The topological polar surface area (TPSA) is 77.0 Å². The number of hydrogen-bond donors (Lipinski definition) is 1. The number of rotatable bonds is 7.